The molecule has 1 N–H and O–H groups in total. The SMILES string of the molecule is CN1CCN(c2ccccc2CNC(=O)C2(c3ccc4c(c3)OCO4)CCCCC2)CC1. The van der Waals surface area contributed by atoms with Crippen molar-refractivity contribution < 1.29 is 14.3 Å². The van der Waals surface area contributed by atoms with E-state index in [0.717, 1.165) is 68.9 Å². The van der Waals surface area contributed by atoms with Crippen LogP contribution in [-0.2, 0) is 16.8 Å². The van der Waals surface area contributed by atoms with Crippen molar-refractivity contribution in [2.24, 2.45) is 0 Å². The van der Waals surface area contributed by atoms with Crippen LogP contribution in [0.25, 0.3) is 0 Å². The number of ether oxygens (including phenoxy) is 2. The number of rotatable bonds is 5. The van der Waals surface area contributed by atoms with Crippen molar-refractivity contribution in [2.45, 2.75) is 44.1 Å². The van der Waals surface area contributed by atoms with Gasteiger partial charge < -0.3 is 24.6 Å². The van der Waals surface area contributed by atoms with Gasteiger partial charge in [-0.2, -0.15) is 0 Å². The summed E-state index contributed by atoms with van der Waals surface area (Å²) in [5.74, 6) is 1.64. The smallest absolute Gasteiger partial charge is 0.231 e. The Hall–Kier alpha value is -2.73. The monoisotopic (exact) mass is 435 g/mol. The van der Waals surface area contributed by atoms with Gasteiger partial charge in [0.1, 0.15) is 0 Å². The molecule has 32 heavy (non-hydrogen) atoms. The number of fused-ring (bicyclic) bond motifs is 1. The third-order valence-corrected chi connectivity index (χ3v) is 7.34. The number of nitrogens with one attached hydrogen (secondary N) is 1. The summed E-state index contributed by atoms with van der Waals surface area (Å²) < 4.78 is 11.1. The van der Waals surface area contributed by atoms with E-state index in [-0.39, 0.29) is 12.7 Å². The summed E-state index contributed by atoms with van der Waals surface area (Å²) in [4.78, 5) is 18.5. The molecule has 0 atom stereocenters. The Kier molecular flexibility index (Phi) is 5.96. The Labute approximate surface area is 190 Å². The highest BCUT2D eigenvalue weighted by molar-refractivity contribution is 5.88. The van der Waals surface area contributed by atoms with Gasteiger partial charge in [0.15, 0.2) is 11.5 Å². The molecule has 2 heterocycles. The number of anilines is 1. The van der Waals surface area contributed by atoms with Crippen LogP contribution in [0.2, 0.25) is 0 Å². The van der Waals surface area contributed by atoms with Crippen LogP contribution in [-0.4, -0.2) is 50.8 Å². The highest BCUT2D eigenvalue weighted by atomic mass is 16.7. The Morgan fingerprint density at radius 3 is 2.53 bits per heavy atom. The average Bonchev–Trinajstić information content (AvgIpc) is 3.32. The number of amides is 1. The van der Waals surface area contributed by atoms with E-state index in [9.17, 15) is 4.79 Å². The maximum absolute atomic E-state index is 13.7. The summed E-state index contributed by atoms with van der Waals surface area (Å²) >= 11 is 0. The molecule has 2 aliphatic heterocycles. The fourth-order valence-electron chi connectivity index (χ4n) is 5.36. The summed E-state index contributed by atoms with van der Waals surface area (Å²) in [5, 5.41) is 3.32. The van der Waals surface area contributed by atoms with Crippen molar-refractivity contribution in [3.8, 4) is 11.5 Å². The second-order valence-electron chi connectivity index (χ2n) is 9.31. The van der Waals surface area contributed by atoms with Crippen molar-refractivity contribution in [3.63, 3.8) is 0 Å². The molecule has 1 aliphatic carbocycles. The Morgan fingerprint density at radius 1 is 0.969 bits per heavy atom. The van der Waals surface area contributed by atoms with Crippen LogP contribution in [0.5, 0.6) is 11.5 Å². The molecule has 170 valence electrons. The van der Waals surface area contributed by atoms with Crippen LogP contribution < -0.4 is 19.7 Å². The number of hydrogen-bond donors (Lipinski definition) is 1. The maximum Gasteiger partial charge on any atom is 0.231 e. The molecule has 2 aromatic carbocycles. The first-order valence-electron chi connectivity index (χ1n) is 11.9. The Bertz CT molecular complexity index is 963. The lowest BCUT2D eigenvalue weighted by Gasteiger charge is -2.37. The highest BCUT2D eigenvalue weighted by Crippen LogP contribution is 2.43. The van der Waals surface area contributed by atoms with Gasteiger partial charge >= 0.3 is 0 Å². The fourth-order valence-corrected chi connectivity index (χ4v) is 5.36. The molecule has 6 nitrogen and oxygen atoms in total. The second kappa shape index (κ2) is 9.02. The van der Waals surface area contributed by atoms with Gasteiger partial charge in [-0.3, -0.25) is 4.79 Å². The first-order valence-corrected chi connectivity index (χ1v) is 11.9. The van der Waals surface area contributed by atoms with Gasteiger partial charge in [-0.1, -0.05) is 43.5 Å². The normalized spacial score (nSPS) is 20.2. The Balaban J connectivity index is 1.35. The van der Waals surface area contributed by atoms with E-state index in [0.29, 0.717) is 6.54 Å². The Morgan fingerprint density at radius 2 is 1.72 bits per heavy atom. The lowest BCUT2D eigenvalue weighted by Crippen LogP contribution is -2.46. The molecule has 1 saturated heterocycles. The van der Waals surface area contributed by atoms with Crippen molar-refractivity contribution >= 4 is 11.6 Å². The molecular weight excluding hydrogens is 402 g/mol. The lowest BCUT2D eigenvalue weighted by atomic mass is 9.68. The van der Waals surface area contributed by atoms with Crippen molar-refractivity contribution in [1.29, 1.82) is 0 Å². The molecule has 2 fully saturated rings. The molecule has 0 radical (unpaired) electrons. The van der Waals surface area contributed by atoms with E-state index in [1.807, 2.05) is 12.1 Å². The van der Waals surface area contributed by atoms with Crippen LogP contribution in [0.1, 0.15) is 43.2 Å². The zero-order chi connectivity index (χ0) is 22.0. The van der Waals surface area contributed by atoms with E-state index in [1.165, 1.54) is 17.7 Å². The minimum Gasteiger partial charge on any atom is -0.454 e. The third kappa shape index (κ3) is 4.04. The largest absolute Gasteiger partial charge is 0.454 e. The minimum absolute atomic E-state index is 0.129. The molecule has 0 aromatic heterocycles. The van der Waals surface area contributed by atoms with Crippen LogP contribution in [0.3, 0.4) is 0 Å². The molecule has 1 saturated carbocycles. The summed E-state index contributed by atoms with van der Waals surface area (Å²) in [5.41, 5.74) is 2.97. The second-order valence-corrected chi connectivity index (χ2v) is 9.31. The summed E-state index contributed by atoms with van der Waals surface area (Å²) in [6.07, 6.45) is 5.07. The van der Waals surface area contributed by atoms with Crippen LogP contribution in [0, 0.1) is 0 Å². The van der Waals surface area contributed by atoms with Gasteiger partial charge in [0.05, 0.1) is 5.41 Å². The molecule has 2 aromatic rings. The molecule has 1 amide bonds. The highest BCUT2D eigenvalue weighted by Gasteiger charge is 2.41. The van der Waals surface area contributed by atoms with E-state index in [2.05, 4.69) is 52.5 Å². The van der Waals surface area contributed by atoms with Crippen molar-refractivity contribution in [3.05, 3.63) is 53.6 Å². The van der Waals surface area contributed by atoms with Gasteiger partial charge in [-0.25, -0.2) is 0 Å². The number of piperazine rings is 1. The van der Waals surface area contributed by atoms with E-state index in [1.54, 1.807) is 0 Å². The standard InChI is InChI=1S/C26H33N3O3/c1-28-13-15-29(16-14-28)22-8-4-3-7-20(22)18-27-25(30)26(11-5-2-6-12-26)21-9-10-23-24(17-21)32-19-31-23/h3-4,7-10,17H,2,5-6,11-16,18-19H2,1H3,(H,27,30). The van der Waals surface area contributed by atoms with E-state index in [4.69, 9.17) is 9.47 Å². The summed E-state index contributed by atoms with van der Waals surface area (Å²) in [6.45, 7) is 4.96. The first-order chi connectivity index (χ1) is 15.7. The van der Waals surface area contributed by atoms with E-state index >= 15 is 0 Å². The molecule has 0 unspecified atom stereocenters. The van der Waals surface area contributed by atoms with Gasteiger partial charge in [0, 0.05) is 38.4 Å². The number of carbonyl (C=O) groups excluding carboxylic acids is 1. The van der Waals surface area contributed by atoms with Crippen LogP contribution in [0.4, 0.5) is 5.69 Å². The van der Waals surface area contributed by atoms with Gasteiger partial charge in [0.2, 0.25) is 12.7 Å². The summed E-state index contributed by atoms with van der Waals surface area (Å²) in [6, 6.07) is 14.5. The number of benzene rings is 2. The predicted molar refractivity (Wildman–Crippen MR) is 125 cm³/mol. The van der Waals surface area contributed by atoms with Crippen LogP contribution >= 0.6 is 0 Å². The number of nitrogens with zero attached hydrogens (tertiary/aromatic N) is 2. The predicted octanol–water partition coefficient (Wildman–Crippen LogP) is 3.69. The topological polar surface area (TPSA) is 54.0 Å². The molecule has 5 rings (SSSR count). The maximum atomic E-state index is 13.7. The van der Waals surface area contributed by atoms with Gasteiger partial charge in [-0.15, -0.1) is 0 Å². The van der Waals surface area contributed by atoms with Crippen molar-refractivity contribution in [1.82, 2.24) is 10.2 Å². The van der Waals surface area contributed by atoms with E-state index < -0.39 is 5.41 Å². The molecular formula is C26H33N3O3. The quantitative estimate of drug-likeness (QED) is 0.776. The van der Waals surface area contributed by atoms with Crippen LogP contribution in [0.15, 0.2) is 42.5 Å². The first kappa shape index (κ1) is 21.1. The zero-order valence-corrected chi connectivity index (χ0v) is 18.9. The zero-order valence-electron chi connectivity index (χ0n) is 18.9. The summed E-state index contributed by atoms with van der Waals surface area (Å²) in [7, 11) is 2.17. The number of carbonyl (C=O) groups is 1. The van der Waals surface area contributed by atoms with Gasteiger partial charge in [-0.05, 0) is 49.2 Å². The average molecular weight is 436 g/mol. The lowest BCUT2D eigenvalue weighted by molar-refractivity contribution is -0.128. The fraction of sp³-hybridized carbons (Fsp3) is 0.500. The molecule has 0 spiro atoms. The minimum atomic E-state index is -0.498. The molecule has 0 bridgehead atoms. The number of likely N-dealkylation sites (N-methyl/N-ethyl adjacent to an activating group) is 1. The third-order valence-electron chi connectivity index (χ3n) is 7.34. The molecule has 6 heteroatoms. The molecule has 3 aliphatic rings. The van der Waals surface area contributed by atoms with Crippen molar-refractivity contribution in [2.75, 3.05) is 44.9 Å². The van der Waals surface area contributed by atoms with Gasteiger partial charge in [0.25, 0.3) is 0 Å². The number of hydrogen-bond acceptors (Lipinski definition) is 5. The number of para-hydroxylation sites is 1.